The van der Waals surface area contributed by atoms with Crippen LogP contribution in [0.3, 0.4) is 0 Å². The summed E-state index contributed by atoms with van der Waals surface area (Å²) in [4.78, 5) is 2.22. The lowest BCUT2D eigenvalue weighted by atomic mass is 9.91. The molecule has 0 aliphatic carbocycles. The number of halogens is 3. The summed E-state index contributed by atoms with van der Waals surface area (Å²) in [7, 11) is 0. The van der Waals surface area contributed by atoms with E-state index in [1.807, 2.05) is 0 Å². The molecule has 1 aromatic carbocycles. The molecule has 1 N–H and O–H groups in total. The van der Waals surface area contributed by atoms with Crippen molar-refractivity contribution in [3.8, 4) is 0 Å². The predicted molar refractivity (Wildman–Crippen MR) is 73.8 cm³/mol. The van der Waals surface area contributed by atoms with E-state index < -0.39 is 11.6 Å². The van der Waals surface area contributed by atoms with Gasteiger partial charge < -0.3 is 5.32 Å². The van der Waals surface area contributed by atoms with Gasteiger partial charge in [-0.1, -0.05) is 0 Å². The van der Waals surface area contributed by atoms with E-state index in [1.54, 1.807) is 0 Å². The number of benzene rings is 1. The summed E-state index contributed by atoms with van der Waals surface area (Å²) >= 11 is 3.13. The summed E-state index contributed by atoms with van der Waals surface area (Å²) in [5.41, 5.74) is 0.182. The van der Waals surface area contributed by atoms with E-state index in [-0.39, 0.29) is 5.56 Å². The van der Waals surface area contributed by atoms with E-state index >= 15 is 0 Å². The highest BCUT2D eigenvalue weighted by Crippen LogP contribution is 2.30. The molecule has 3 rings (SSSR count). The molecule has 2 nitrogen and oxygen atoms in total. The van der Waals surface area contributed by atoms with Crippen LogP contribution in [0.1, 0.15) is 18.4 Å². The van der Waals surface area contributed by atoms with Gasteiger partial charge in [0.15, 0.2) is 0 Å². The maximum absolute atomic E-state index is 14.0. The Morgan fingerprint density at radius 1 is 1.32 bits per heavy atom. The first-order valence-corrected chi connectivity index (χ1v) is 7.53. The summed E-state index contributed by atoms with van der Waals surface area (Å²) in [5.74, 6) is -0.283. The largest absolute Gasteiger partial charge is 0.315 e. The van der Waals surface area contributed by atoms with Gasteiger partial charge in [0.05, 0.1) is 4.47 Å². The van der Waals surface area contributed by atoms with Crippen LogP contribution in [-0.2, 0) is 6.54 Å². The Balaban J connectivity index is 1.83. The van der Waals surface area contributed by atoms with Crippen LogP contribution in [0, 0.1) is 17.6 Å². The van der Waals surface area contributed by atoms with Gasteiger partial charge in [0, 0.05) is 24.7 Å². The second-order valence-corrected chi connectivity index (χ2v) is 6.27. The number of fused-ring (bicyclic) bond motifs is 1. The highest BCUT2D eigenvalue weighted by Gasteiger charge is 2.35. The van der Waals surface area contributed by atoms with Gasteiger partial charge >= 0.3 is 0 Å². The SMILES string of the molecule is Fc1ccc(Br)c(F)c1CN1CCCC2CNCC21. The van der Waals surface area contributed by atoms with E-state index in [1.165, 1.54) is 18.6 Å². The molecule has 2 fully saturated rings. The number of rotatable bonds is 2. The number of hydrogen-bond acceptors (Lipinski definition) is 2. The predicted octanol–water partition coefficient (Wildman–Crippen LogP) is 2.91. The maximum atomic E-state index is 14.0. The van der Waals surface area contributed by atoms with Gasteiger partial charge in [0.1, 0.15) is 11.6 Å². The molecule has 104 valence electrons. The van der Waals surface area contributed by atoms with E-state index in [0.717, 1.165) is 26.1 Å². The van der Waals surface area contributed by atoms with Crippen molar-refractivity contribution in [1.82, 2.24) is 10.2 Å². The topological polar surface area (TPSA) is 15.3 Å². The lowest BCUT2D eigenvalue weighted by molar-refractivity contribution is 0.114. The van der Waals surface area contributed by atoms with Gasteiger partial charge in [-0.15, -0.1) is 0 Å². The van der Waals surface area contributed by atoms with Gasteiger partial charge in [-0.25, -0.2) is 8.78 Å². The quantitative estimate of drug-likeness (QED) is 0.839. The number of hydrogen-bond donors (Lipinski definition) is 1. The lowest BCUT2D eigenvalue weighted by Crippen LogP contribution is -2.44. The van der Waals surface area contributed by atoms with Crippen molar-refractivity contribution in [2.75, 3.05) is 19.6 Å². The molecule has 0 radical (unpaired) electrons. The molecule has 2 atom stereocenters. The fourth-order valence-electron chi connectivity index (χ4n) is 3.28. The minimum atomic E-state index is -0.465. The summed E-state index contributed by atoms with van der Waals surface area (Å²) in [6.45, 7) is 3.25. The third-order valence-corrected chi connectivity index (χ3v) is 4.91. The van der Waals surface area contributed by atoms with Crippen LogP contribution in [0.25, 0.3) is 0 Å². The Morgan fingerprint density at radius 2 is 2.16 bits per heavy atom. The lowest BCUT2D eigenvalue weighted by Gasteiger charge is -2.37. The zero-order valence-corrected chi connectivity index (χ0v) is 12.2. The summed E-state index contributed by atoms with van der Waals surface area (Å²) in [5, 5.41) is 3.38. The van der Waals surface area contributed by atoms with Crippen molar-refractivity contribution in [1.29, 1.82) is 0 Å². The Labute approximate surface area is 120 Å². The molecule has 2 aliphatic heterocycles. The van der Waals surface area contributed by atoms with Crippen LogP contribution in [0.15, 0.2) is 16.6 Å². The second kappa shape index (κ2) is 5.46. The molecule has 0 bridgehead atoms. The molecular formula is C14H17BrF2N2. The zero-order valence-electron chi connectivity index (χ0n) is 10.6. The highest BCUT2D eigenvalue weighted by molar-refractivity contribution is 9.10. The van der Waals surface area contributed by atoms with Crippen LogP contribution in [0.5, 0.6) is 0 Å². The summed E-state index contributed by atoms with van der Waals surface area (Å²) < 4.78 is 28.2. The van der Waals surface area contributed by atoms with Crippen molar-refractivity contribution >= 4 is 15.9 Å². The molecule has 2 unspecified atom stereocenters. The number of likely N-dealkylation sites (tertiary alicyclic amines) is 1. The molecule has 0 spiro atoms. The third kappa shape index (κ3) is 2.56. The standard InChI is InChI=1S/C14H17BrF2N2/c15-11-3-4-12(16)10(14(11)17)8-19-5-1-2-9-6-18-7-13(9)19/h3-4,9,13,18H,1-2,5-8H2. The monoisotopic (exact) mass is 330 g/mol. The fraction of sp³-hybridized carbons (Fsp3) is 0.571. The van der Waals surface area contributed by atoms with Crippen molar-refractivity contribution in [3.63, 3.8) is 0 Å². The highest BCUT2D eigenvalue weighted by atomic mass is 79.9. The van der Waals surface area contributed by atoms with Crippen molar-refractivity contribution < 1.29 is 8.78 Å². The first kappa shape index (κ1) is 13.5. The Kier molecular flexibility index (Phi) is 3.87. The van der Waals surface area contributed by atoms with Gasteiger partial charge in [0.25, 0.3) is 0 Å². The van der Waals surface area contributed by atoms with E-state index in [0.29, 0.717) is 23.0 Å². The number of piperidine rings is 1. The third-order valence-electron chi connectivity index (χ3n) is 4.29. The smallest absolute Gasteiger partial charge is 0.144 e. The fourth-order valence-corrected chi connectivity index (χ4v) is 3.65. The molecule has 2 saturated heterocycles. The van der Waals surface area contributed by atoms with Gasteiger partial charge in [-0.2, -0.15) is 0 Å². The molecular weight excluding hydrogens is 314 g/mol. The molecule has 19 heavy (non-hydrogen) atoms. The second-order valence-electron chi connectivity index (χ2n) is 5.42. The molecule has 0 amide bonds. The molecule has 0 saturated carbocycles. The Morgan fingerprint density at radius 3 is 3.00 bits per heavy atom. The van der Waals surface area contributed by atoms with Gasteiger partial charge in [0.2, 0.25) is 0 Å². The van der Waals surface area contributed by atoms with Gasteiger partial charge in [-0.05, 0) is 59.9 Å². The molecule has 2 heterocycles. The van der Waals surface area contributed by atoms with Crippen molar-refractivity contribution in [2.24, 2.45) is 5.92 Å². The van der Waals surface area contributed by atoms with E-state index in [9.17, 15) is 8.78 Å². The van der Waals surface area contributed by atoms with Crippen molar-refractivity contribution in [2.45, 2.75) is 25.4 Å². The van der Waals surface area contributed by atoms with Crippen molar-refractivity contribution in [3.05, 3.63) is 33.8 Å². The Bertz CT molecular complexity index is 481. The Hall–Kier alpha value is -0.520. The first-order chi connectivity index (χ1) is 9.16. The number of nitrogens with zero attached hydrogens (tertiary/aromatic N) is 1. The van der Waals surface area contributed by atoms with Crippen LogP contribution in [0.2, 0.25) is 0 Å². The number of nitrogens with one attached hydrogen (secondary N) is 1. The minimum absolute atomic E-state index is 0.182. The van der Waals surface area contributed by atoms with Gasteiger partial charge in [-0.3, -0.25) is 4.90 Å². The van der Waals surface area contributed by atoms with E-state index in [4.69, 9.17) is 0 Å². The first-order valence-electron chi connectivity index (χ1n) is 6.74. The normalized spacial score (nSPS) is 27.5. The zero-order chi connectivity index (χ0) is 13.4. The average molecular weight is 331 g/mol. The maximum Gasteiger partial charge on any atom is 0.144 e. The summed E-state index contributed by atoms with van der Waals surface area (Å²) in [6.07, 6.45) is 2.33. The minimum Gasteiger partial charge on any atom is -0.315 e. The molecule has 2 aliphatic rings. The molecule has 5 heteroatoms. The average Bonchev–Trinajstić information content (AvgIpc) is 2.88. The van der Waals surface area contributed by atoms with E-state index in [2.05, 4.69) is 26.1 Å². The van der Waals surface area contributed by atoms with Crippen LogP contribution in [0.4, 0.5) is 8.78 Å². The van der Waals surface area contributed by atoms with Crippen LogP contribution >= 0.6 is 15.9 Å². The van der Waals surface area contributed by atoms with Crippen LogP contribution < -0.4 is 5.32 Å². The molecule has 0 aromatic heterocycles. The summed E-state index contributed by atoms with van der Waals surface area (Å²) in [6, 6.07) is 3.17. The van der Waals surface area contributed by atoms with Crippen LogP contribution in [-0.4, -0.2) is 30.6 Å². The molecule has 1 aromatic rings.